The smallest absolute Gasteiger partial charge is 0.266 e. The van der Waals surface area contributed by atoms with Crippen LogP contribution >= 0.6 is 0 Å². The molecule has 1 atom stereocenters. The first-order chi connectivity index (χ1) is 15.6. The van der Waals surface area contributed by atoms with Gasteiger partial charge in [-0.15, -0.1) is 0 Å². The lowest BCUT2D eigenvalue weighted by molar-refractivity contribution is -0.129. The Bertz CT molecular complexity index is 1300. The Morgan fingerprint density at radius 2 is 1.69 bits per heavy atom. The standard InChI is InChI=1S/C25H21N3O4/c1-28-23(29)25(27-24(28)26,19-6-8-20-17(12-19)9-10-30-20)18-4-2-3-15(11-18)16-5-7-21-22(13-16)32-14-31-21/h2-8,11-13H,9-10,14H2,1H3,(H2,26,27). The number of benzene rings is 3. The van der Waals surface area contributed by atoms with Crippen molar-refractivity contribution in [3.63, 3.8) is 0 Å². The van der Waals surface area contributed by atoms with Crippen LogP contribution in [0.3, 0.4) is 0 Å². The van der Waals surface area contributed by atoms with Gasteiger partial charge < -0.3 is 19.9 Å². The van der Waals surface area contributed by atoms with Crippen molar-refractivity contribution in [3.05, 3.63) is 77.4 Å². The summed E-state index contributed by atoms with van der Waals surface area (Å²) in [5, 5.41) is 0. The molecule has 7 nitrogen and oxygen atoms in total. The third-order valence-electron chi connectivity index (χ3n) is 6.33. The zero-order chi connectivity index (χ0) is 21.9. The largest absolute Gasteiger partial charge is 0.493 e. The number of hydrogen-bond acceptors (Lipinski definition) is 6. The lowest BCUT2D eigenvalue weighted by atomic mass is 9.81. The summed E-state index contributed by atoms with van der Waals surface area (Å²) >= 11 is 0. The highest BCUT2D eigenvalue weighted by Gasteiger charge is 2.49. The maximum absolute atomic E-state index is 13.6. The summed E-state index contributed by atoms with van der Waals surface area (Å²) in [6.45, 7) is 0.865. The van der Waals surface area contributed by atoms with Crippen LogP contribution in [0, 0.1) is 0 Å². The number of amides is 1. The molecule has 1 amide bonds. The Kier molecular flexibility index (Phi) is 3.95. The van der Waals surface area contributed by atoms with Crippen LogP contribution in [-0.2, 0) is 16.8 Å². The Hall–Kier alpha value is -4.00. The van der Waals surface area contributed by atoms with Gasteiger partial charge in [-0.2, -0.15) is 0 Å². The molecule has 1 unspecified atom stereocenters. The number of hydrogen-bond donors (Lipinski definition) is 1. The van der Waals surface area contributed by atoms with Crippen LogP contribution in [0.5, 0.6) is 17.2 Å². The Labute approximate surface area is 185 Å². The van der Waals surface area contributed by atoms with Crippen LogP contribution < -0.4 is 19.9 Å². The van der Waals surface area contributed by atoms with E-state index in [4.69, 9.17) is 24.9 Å². The summed E-state index contributed by atoms with van der Waals surface area (Å²) in [7, 11) is 1.65. The molecule has 0 fully saturated rings. The monoisotopic (exact) mass is 427 g/mol. The topological polar surface area (TPSA) is 86.4 Å². The highest BCUT2D eigenvalue weighted by Crippen LogP contribution is 2.43. The number of carbonyl (C=O) groups is 1. The summed E-state index contributed by atoms with van der Waals surface area (Å²) in [6, 6.07) is 19.5. The molecule has 0 aromatic heterocycles. The molecule has 2 N–H and O–H groups in total. The van der Waals surface area contributed by atoms with Crippen molar-refractivity contribution in [2.75, 3.05) is 20.4 Å². The maximum atomic E-state index is 13.6. The molecular weight excluding hydrogens is 406 g/mol. The summed E-state index contributed by atoms with van der Waals surface area (Å²) < 4.78 is 16.6. The van der Waals surface area contributed by atoms with Gasteiger partial charge in [-0.3, -0.25) is 9.69 Å². The van der Waals surface area contributed by atoms with Gasteiger partial charge in [-0.05, 0) is 58.1 Å². The van der Waals surface area contributed by atoms with Gasteiger partial charge in [0.2, 0.25) is 6.79 Å². The van der Waals surface area contributed by atoms with Gasteiger partial charge in [0.15, 0.2) is 23.0 Å². The van der Waals surface area contributed by atoms with Gasteiger partial charge in [0, 0.05) is 13.5 Å². The van der Waals surface area contributed by atoms with Crippen molar-refractivity contribution in [2.45, 2.75) is 12.0 Å². The first-order valence-electron chi connectivity index (χ1n) is 10.5. The number of nitrogens with zero attached hydrogens (tertiary/aromatic N) is 2. The molecule has 6 rings (SSSR count). The number of carbonyl (C=O) groups excluding carboxylic acids is 1. The number of likely N-dealkylation sites (N-methyl/N-ethyl adjacent to an activating group) is 1. The second kappa shape index (κ2) is 6.75. The molecular formula is C25H21N3O4. The van der Waals surface area contributed by atoms with E-state index in [9.17, 15) is 4.79 Å². The van der Waals surface area contributed by atoms with Crippen molar-refractivity contribution < 1.29 is 19.0 Å². The lowest BCUT2D eigenvalue weighted by Gasteiger charge is -2.27. The van der Waals surface area contributed by atoms with E-state index in [1.807, 2.05) is 60.7 Å². The van der Waals surface area contributed by atoms with Crippen LogP contribution in [0.2, 0.25) is 0 Å². The molecule has 0 saturated heterocycles. The first kappa shape index (κ1) is 18.7. The second-order valence-electron chi connectivity index (χ2n) is 8.11. The highest BCUT2D eigenvalue weighted by molar-refractivity contribution is 6.09. The third-order valence-corrected chi connectivity index (χ3v) is 6.33. The molecule has 3 aliphatic heterocycles. The van der Waals surface area contributed by atoms with Crippen molar-refractivity contribution in [1.82, 2.24) is 4.90 Å². The number of ether oxygens (including phenoxy) is 3. The zero-order valence-electron chi connectivity index (χ0n) is 17.5. The van der Waals surface area contributed by atoms with E-state index in [-0.39, 0.29) is 18.7 Å². The van der Waals surface area contributed by atoms with E-state index in [2.05, 4.69) is 0 Å². The van der Waals surface area contributed by atoms with Crippen LogP contribution in [0.15, 0.2) is 65.7 Å². The SMILES string of the molecule is CN1C(=O)C(c2cccc(-c3ccc4c(c3)OCO4)c2)(c2ccc3c(c2)CCO3)N=C1N. The number of guanidine groups is 1. The predicted molar refractivity (Wildman–Crippen MR) is 119 cm³/mol. The van der Waals surface area contributed by atoms with Crippen molar-refractivity contribution in [3.8, 4) is 28.4 Å². The zero-order valence-corrected chi connectivity index (χ0v) is 17.5. The van der Waals surface area contributed by atoms with Gasteiger partial charge in [0.25, 0.3) is 5.91 Å². The molecule has 3 aliphatic rings. The lowest BCUT2D eigenvalue weighted by Crippen LogP contribution is -2.41. The fourth-order valence-corrected chi connectivity index (χ4v) is 4.60. The number of aliphatic imine (C=N–C) groups is 1. The fourth-order valence-electron chi connectivity index (χ4n) is 4.60. The van der Waals surface area contributed by atoms with Gasteiger partial charge in [-0.1, -0.05) is 30.3 Å². The average Bonchev–Trinajstić information content (AvgIpc) is 3.54. The Morgan fingerprint density at radius 3 is 2.53 bits per heavy atom. The van der Waals surface area contributed by atoms with E-state index in [1.165, 1.54) is 4.90 Å². The first-order valence-corrected chi connectivity index (χ1v) is 10.5. The average molecular weight is 427 g/mol. The molecule has 0 saturated carbocycles. The summed E-state index contributed by atoms with van der Waals surface area (Å²) in [4.78, 5) is 19.7. The van der Waals surface area contributed by atoms with Crippen molar-refractivity contribution in [1.29, 1.82) is 0 Å². The van der Waals surface area contributed by atoms with Crippen LogP contribution in [0.25, 0.3) is 11.1 Å². The molecule has 3 heterocycles. The van der Waals surface area contributed by atoms with Gasteiger partial charge in [-0.25, -0.2) is 4.99 Å². The summed E-state index contributed by atoms with van der Waals surface area (Å²) in [5.41, 5.74) is 9.41. The molecule has 160 valence electrons. The maximum Gasteiger partial charge on any atom is 0.266 e. The number of nitrogens with two attached hydrogens (primary N) is 1. The second-order valence-corrected chi connectivity index (χ2v) is 8.11. The Balaban J connectivity index is 1.52. The minimum Gasteiger partial charge on any atom is -0.493 e. The molecule has 0 bridgehead atoms. The molecule has 0 aliphatic carbocycles. The molecule has 3 aromatic carbocycles. The van der Waals surface area contributed by atoms with E-state index < -0.39 is 5.54 Å². The van der Waals surface area contributed by atoms with Crippen LogP contribution in [0.4, 0.5) is 0 Å². The van der Waals surface area contributed by atoms with Crippen LogP contribution in [0.1, 0.15) is 16.7 Å². The quantitative estimate of drug-likeness (QED) is 0.694. The third kappa shape index (κ3) is 2.60. The molecule has 32 heavy (non-hydrogen) atoms. The minimum absolute atomic E-state index is 0.184. The van der Waals surface area contributed by atoms with E-state index >= 15 is 0 Å². The molecule has 3 aromatic rings. The van der Waals surface area contributed by atoms with E-state index in [0.717, 1.165) is 45.7 Å². The van der Waals surface area contributed by atoms with Crippen molar-refractivity contribution >= 4 is 11.9 Å². The normalized spacial score (nSPS) is 20.8. The highest BCUT2D eigenvalue weighted by atomic mass is 16.7. The molecule has 0 radical (unpaired) electrons. The number of fused-ring (bicyclic) bond motifs is 2. The van der Waals surface area contributed by atoms with Crippen LogP contribution in [-0.4, -0.2) is 37.2 Å². The van der Waals surface area contributed by atoms with Gasteiger partial charge in [0.1, 0.15) is 5.75 Å². The van der Waals surface area contributed by atoms with E-state index in [0.29, 0.717) is 12.4 Å². The predicted octanol–water partition coefficient (Wildman–Crippen LogP) is 3.05. The summed E-state index contributed by atoms with van der Waals surface area (Å²) in [6.07, 6.45) is 0.805. The number of rotatable bonds is 3. The van der Waals surface area contributed by atoms with Crippen molar-refractivity contribution in [2.24, 2.45) is 10.7 Å². The molecule has 0 spiro atoms. The van der Waals surface area contributed by atoms with E-state index in [1.54, 1.807) is 7.05 Å². The van der Waals surface area contributed by atoms with Gasteiger partial charge in [0.05, 0.1) is 6.61 Å². The Morgan fingerprint density at radius 1 is 0.906 bits per heavy atom. The summed E-state index contributed by atoms with van der Waals surface area (Å²) in [5.74, 6) is 2.30. The van der Waals surface area contributed by atoms with Gasteiger partial charge >= 0.3 is 0 Å². The fraction of sp³-hybridized carbons (Fsp3) is 0.200. The molecule has 7 heteroatoms. The minimum atomic E-state index is -1.25.